The van der Waals surface area contributed by atoms with Gasteiger partial charge in [0.1, 0.15) is 18.5 Å². The Kier molecular flexibility index (Phi) is 5.67. The summed E-state index contributed by atoms with van der Waals surface area (Å²) in [6.07, 6.45) is -0.578. The van der Waals surface area contributed by atoms with E-state index in [1.165, 1.54) is 0 Å². The van der Waals surface area contributed by atoms with Gasteiger partial charge in [0.05, 0.1) is 12.7 Å². The van der Waals surface area contributed by atoms with Gasteiger partial charge < -0.3 is 29.4 Å². The third-order valence-corrected chi connectivity index (χ3v) is 2.98. The van der Waals surface area contributed by atoms with Gasteiger partial charge in [0.2, 0.25) is 6.79 Å². The minimum atomic E-state index is -0.666. The molecule has 0 bridgehead atoms. The van der Waals surface area contributed by atoms with Gasteiger partial charge in [-0.15, -0.1) is 0 Å². The zero-order valence-corrected chi connectivity index (χ0v) is 12.7. The van der Waals surface area contributed by atoms with E-state index in [-0.39, 0.29) is 26.1 Å². The second kappa shape index (κ2) is 7.49. The van der Waals surface area contributed by atoms with E-state index in [1.807, 2.05) is 27.0 Å². The smallest absolute Gasteiger partial charge is 0.231 e. The van der Waals surface area contributed by atoms with Crippen molar-refractivity contribution < 1.29 is 24.1 Å². The molecule has 118 valence electrons. The Morgan fingerprint density at radius 1 is 1.24 bits per heavy atom. The summed E-state index contributed by atoms with van der Waals surface area (Å²) in [6.45, 7) is 5.15. The number of aliphatic hydroxyl groups is 1. The maximum atomic E-state index is 9.85. The van der Waals surface area contributed by atoms with Crippen LogP contribution in [0.3, 0.4) is 0 Å². The van der Waals surface area contributed by atoms with Crippen LogP contribution in [0.25, 0.3) is 0 Å². The number of hydrogen-bond donors (Lipinski definition) is 2. The average molecular weight is 297 g/mol. The molecule has 21 heavy (non-hydrogen) atoms. The summed E-state index contributed by atoms with van der Waals surface area (Å²) < 4.78 is 21.8. The molecule has 1 atom stereocenters. The van der Waals surface area contributed by atoms with Crippen LogP contribution in [0.1, 0.15) is 19.4 Å². The van der Waals surface area contributed by atoms with Crippen molar-refractivity contribution in [3.63, 3.8) is 0 Å². The predicted octanol–water partition coefficient (Wildman–Crippen LogP) is 1.30. The van der Waals surface area contributed by atoms with E-state index >= 15 is 0 Å². The van der Waals surface area contributed by atoms with E-state index in [1.54, 1.807) is 6.07 Å². The number of fused-ring (bicyclic) bond motifs is 1. The summed E-state index contributed by atoms with van der Waals surface area (Å²) in [5.74, 6) is 2.06. The molecule has 2 N–H and O–H groups in total. The molecular formula is C15H23NO5. The molecule has 1 aliphatic rings. The van der Waals surface area contributed by atoms with Crippen molar-refractivity contribution >= 4 is 0 Å². The molecule has 0 saturated carbocycles. The van der Waals surface area contributed by atoms with Crippen molar-refractivity contribution in [2.45, 2.75) is 32.6 Å². The zero-order chi connectivity index (χ0) is 15.2. The molecule has 0 aromatic heterocycles. The number of rotatable bonds is 8. The van der Waals surface area contributed by atoms with Crippen molar-refractivity contribution in [1.82, 2.24) is 5.32 Å². The summed E-state index contributed by atoms with van der Waals surface area (Å²) in [7, 11) is 1.86. The Morgan fingerprint density at radius 2 is 1.95 bits per heavy atom. The first-order valence-electron chi connectivity index (χ1n) is 7.09. The lowest BCUT2D eigenvalue weighted by Crippen LogP contribution is -2.25. The maximum absolute atomic E-state index is 9.85. The van der Waals surface area contributed by atoms with E-state index in [2.05, 4.69) is 5.32 Å². The largest absolute Gasteiger partial charge is 0.490 e. The highest BCUT2D eigenvalue weighted by atomic mass is 16.7. The summed E-state index contributed by atoms with van der Waals surface area (Å²) in [5.41, 5.74) is 0.957. The van der Waals surface area contributed by atoms with E-state index in [4.69, 9.17) is 18.9 Å². The van der Waals surface area contributed by atoms with Crippen LogP contribution in [0.2, 0.25) is 0 Å². The molecule has 0 spiro atoms. The Hall–Kier alpha value is -1.50. The molecule has 1 aromatic rings. The van der Waals surface area contributed by atoms with Gasteiger partial charge >= 0.3 is 0 Å². The summed E-state index contributed by atoms with van der Waals surface area (Å²) in [5, 5.41) is 12.9. The number of benzene rings is 1. The molecule has 1 heterocycles. The van der Waals surface area contributed by atoms with Gasteiger partial charge in [-0.2, -0.15) is 0 Å². The number of aliphatic hydroxyl groups excluding tert-OH is 1. The number of ether oxygens (including phenoxy) is 4. The number of hydrogen-bond acceptors (Lipinski definition) is 6. The van der Waals surface area contributed by atoms with Gasteiger partial charge in [-0.1, -0.05) is 0 Å². The molecule has 1 aromatic carbocycles. The molecule has 0 saturated heterocycles. The van der Waals surface area contributed by atoms with Gasteiger partial charge in [0, 0.05) is 18.2 Å². The van der Waals surface area contributed by atoms with E-state index in [9.17, 15) is 5.11 Å². The molecule has 0 aliphatic carbocycles. The Bertz CT molecular complexity index is 464. The van der Waals surface area contributed by atoms with Gasteiger partial charge in [-0.3, -0.25) is 0 Å². The fourth-order valence-corrected chi connectivity index (χ4v) is 1.97. The lowest BCUT2D eigenvalue weighted by Gasteiger charge is -2.16. The van der Waals surface area contributed by atoms with E-state index in [0.717, 1.165) is 11.3 Å². The minimum absolute atomic E-state index is 0.0880. The molecule has 1 aliphatic heterocycles. The summed E-state index contributed by atoms with van der Waals surface area (Å²) in [6, 6.07) is 3.69. The van der Waals surface area contributed by atoms with Gasteiger partial charge in [0.15, 0.2) is 11.5 Å². The molecule has 6 heteroatoms. The van der Waals surface area contributed by atoms with Crippen LogP contribution in [0.5, 0.6) is 17.2 Å². The first-order chi connectivity index (χ1) is 10.1. The molecule has 0 fully saturated rings. The minimum Gasteiger partial charge on any atom is -0.490 e. The van der Waals surface area contributed by atoms with Gasteiger partial charge in [-0.25, -0.2) is 0 Å². The third-order valence-electron chi connectivity index (χ3n) is 2.98. The second-order valence-corrected chi connectivity index (χ2v) is 5.19. The maximum Gasteiger partial charge on any atom is 0.231 e. The first kappa shape index (κ1) is 15.9. The zero-order valence-electron chi connectivity index (χ0n) is 12.7. The third kappa shape index (κ3) is 4.49. The average Bonchev–Trinajstić information content (AvgIpc) is 2.90. The van der Waals surface area contributed by atoms with Crippen molar-refractivity contribution in [1.29, 1.82) is 0 Å². The molecule has 6 nitrogen and oxygen atoms in total. The monoisotopic (exact) mass is 297 g/mol. The van der Waals surface area contributed by atoms with E-state index < -0.39 is 6.10 Å². The van der Waals surface area contributed by atoms with Crippen molar-refractivity contribution in [3.8, 4) is 17.2 Å². The first-order valence-corrected chi connectivity index (χ1v) is 7.09. The fraction of sp³-hybridized carbons (Fsp3) is 0.600. The predicted molar refractivity (Wildman–Crippen MR) is 77.9 cm³/mol. The van der Waals surface area contributed by atoms with Crippen LogP contribution < -0.4 is 19.5 Å². The lowest BCUT2D eigenvalue weighted by atomic mass is 10.1. The van der Waals surface area contributed by atoms with Gasteiger partial charge in [0.25, 0.3) is 0 Å². The van der Waals surface area contributed by atoms with Crippen molar-refractivity contribution in [2.24, 2.45) is 0 Å². The fourth-order valence-electron chi connectivity index (χ4n) is 1.97. The van der Waals surface area contributed by atoms with Crippen LogP contribution in [0.15, 0.2) is 12.1 Å². The van der Waals surface area contributed by atoms with Crippen LogP contribution in [0, 0.1) is 0 Å². The standard InChI is InChI=1S/C15H23NO5/c1-10(2)18-7-12(17)8-19-13-5-15-14(20-9-21-15)4-11(13)6-16-3/h4-5,10,12,16-17H,6-9H2,1-3H3. The molecule has 2 rings (SSSR count). The van der Waals surface area contributed by atoms with Gasteiger partial charge in [-0.05, 0) is 27.0 Å². The highest BCUT2D eigenvalue weighted by Gasteiger charge is 2.18. The highest BCUT2D eigenvalue weighted by molar-refractivity contribution is 5.51. The van der Waals surface area contributed by atoms with Crippen LogP contribution in [-0.2, 0) is 11.3 Å². The molecular weight excluding hydrogens is 274 g/mol. The molecule has 1 unspecified atom stereocenters. The second-order valence-electron chi connectivity index (χ2n) is 5.19. The summed E-state index contributed by atoms with van der Waals surface area (Å²) >= 11 is 0. The highest BCUT2D eigenvalue weighted by Crippen LogP contribution is 2.38. The topological polar surface area (TPSA) is 69.2 Å². The molecule has 0 radical (unpaired) electrons. The number of nitrogens with one attached hydrogen (secondary N) is 1. The Balaban J connectivity index is 1.98. The normalized spacial score (nSPS) is 14.5. The Labute approximate surface area is 125 Å². The summed E-state index contributed by atoms with van der Waals surface area (Å²) in [4.78, 5) is 0. The Morgan fingerprint density at radius 3 is 2.62 bits per heavy atom. The van der Waals surface area contributed by atoms with Crippen LogP contribution in [0.4, 0.5) is 0 Å². The van der Waals surface area contributed by atoms with Crippen LogP contribution in [-0.4, -0.2) is 44.4 Å². The van der Waals surface area contributed by atoms with E-state index in [0.29, 0.717) is 18.0 Å². The molecule has 0 amide bonds. The van der Waals surface area contributed by atoms with Crippen molar-refractivity contribution in [2.75, 3.05) is 27.1 Å². The van der Waals surface area contributed by atoms with Crippen LogP contribution >= 0.6 is 0 Å². The SMILES string of the molecule is CNCc1cc2c(cc1OCC(O)COC(C)C)OCO2. The quantitative estimate of drug-likeness (QED) is 0.754. The lowest BCUT2D eigenvalue weighted by molar-refractivity contribution is -0.0124. The van der Waals surface area contributed by atoms with Crippen molar-refractivity contribution in [3.05, 3.63) is 17.7 Å².